The van der Waals surface area contributed by atoms with Crippen molar-refractivity contribution in [2.24, 2.45) is 21.1 Å². The highest BCUT2D eigenvalue weighted by molar-refractivity contribution is 6.05. The Bertz CT molecular complexity index is 4840. The van der Waals surface area contributed by atoms with Gasteiger partial charge in [0, 0.05) is 65.3 Å². The fourth-order valence-corrected chi connectivity index (χ4v) is 17.0. The summed E-state index contributed by atoms with van der Waals surface area (Å²) >= 11 is 0. The smallest absolute Gasteiger partial charge is 0.0569 e. The molecule has 0 saturated heterocycles. The number of aromatic nitrogens is 4. The van der Waals surface area contributed by atoms with Gasteiger partial charge in [-0.25, -0.2) is 0 Å². The fourth-order valence-electron chi connectivity index (χ4n) is 17.0. The molecule has 0 amide bonds. The van der Waals surface area contributed by atoms with Crippen LogP contribution in [0.1, 0.15) is 206 Å². The van der Waals surface area contributed by atoms with Gasteiger partial charge in [0.2, 0.25) is 0 Å². The topological polar surface area (TPSA) is 19.7 Å². The Hall–Kier alpha value is -7.30. The molecule has 4 aromatic heterocycles. The van der Waals surface area contributed by atoms with Crippen LogP contribution in [0.2, 0.25) is 0 Å². The minimum absolute atomic E-state index is 1.37. The summed E-state index contributed by atoms with van der Waals surface area (Å²) in [4.78, 5) is 0. The molecule has 4 heterocycles. The Morgan fingerprint density at radius 2 is 0.372 bits per heavy atom. The highest BCUT2D eigenvalue weighted by Gasteiger charge is 2.28. The lowest BCUT2D eigenvalue weighted by Crippen LogP contribution is -2.08. The van der Waals surface area contributed by atoms with E-state index in [0.717, 1.165) is 0 Å². The van der Waals surface area contributed by atoms with Gasteiger partial charge in [0.1, 0.15) is 0 Å². The van der Waals surface area contributed by atoms with E-state index >= 15 is 0 Å². The molecule has 0 radical (unpaired) electrons. The van der Waals surface area contributed by atoms with Crippen molar-refractivity contribution in [3.8, 4) is 28.1 Å². The molecular formula is C90H120N4. The first-order valence-electron chi connectivity index (χ1n) is 34.9. The van der Waals surface area contributed by atoms with Crippen molar-refractivity contribution in [1.82, 2.24) is 18.3 Å². The third-order valence-corrected chi connectivity index (χ3v) is 26.4. The van der Waals surface area contributed by atoms with Crippen LogP contribution in [0.25, 0.3) is 71.7 Å². The lowest BCUT2D eigenvalue weighted by Gasteiger charge is -2.23. The largest absolute Gasteiger partial charge is 0.347 e. The molecule has 500 valence electrons. The molecule has 7 aromatic carbocycles. The molecular weight excluding hydrogens is 1140 g/mol. The van der Waals surface area contributed by atoms with Crippen LogP contribution in [0.15, 0.2) is 0 Å². The average Bonchev–Trinajstić information content (AvgIpc) is 1.53. The molecule has 0 unspecified atom stereocenters. The minimum atomic E-state index is 1.37. The maximum absolute atomic E-state index is 2.55. The number of hydrogen-bond acceptors (Lipinski definition) is 0. The molecule has 11 aromatic rings. The predicted octanol–water partition coefficient (Wildman–Crippen LogP) is 24.9. The minimum Gasteiger partial charge on any atom is -0.347 e. The molecule has 0 aliphatic heterocycles. The molecule has 11 rings (SSSR count). The summed E-state index contributed by atoms with van der Waals surface area (Å²) in [5, 5.41) is 5.79. The summed E-state index contributed by atoms with van der Waals surface area (Å²) in [6.07, 6.45) is 0. The number of benzene rings is 7. The first-order chi connectivity index (χ1) is 43.4. The summed E-state index contributed by atoms with van der Waals surface area (Å²) in [5.74, 6) is 0. The Labute approximate surface area is 570 Å². The molecule has 0 atom stereocenters. The molecule has 94 heavy (non-hydrogen) atoms. The Balaban J connectivity index is 0.000000163. The zero-order valence-corrected chi connectivity index (χ0v) is 66.8. The highest BCUT2D eigenvalue weighted by Crippen LogP contribution is 2.47. The summed E-state index contributed by atoms with van der Waals surface area (Å²) in [6.45, 7) is 84.0. The van der Waals surface area contributed by atoms with Gasteiger partial charge in [-0.3, -0.25) is 0 Å². The second-order valence-corrected chi connectivity index (χ2v) is 29.7. The van der Waals surface area contributed by atoms with Crippen LogP contribution in [0, 0.1) is 256 Å². The zero-order chi connectivity index (χ0) is 71.2. The Kier molecular flexibility index (Phi) is 19.8. The molecule has 0 bridgehead atoms. The van der Waals surface area contributed by atoms with Crippen LogP contribution in [0.4, 0.5) is 0 Å². The molecule has 0 spiro atoms. The second-order valence-electron chi connectivity index (χ2n) is 29.7. The summed E-state index contributed by atoms with van der Waals surface area (Å²) in [7, 11) is 6.63. The average molecular weight is 1260 g/mol. The highest BCUT2D eigenvalue weighted by atomic mass is 15.0. The summed E-state index contributed by atoms with van der Waals surface area (Å²) < 4.78 is 9.71. The van der Waals surface area contributed by atoms with Crippen molar-refractivity contribution in [2.45, 2.75) is 256 Å². The van der Waals surface area contributed by atoms with Crippen molar-refractivity contribution < 1.29 is 0 Å². The third kappa shape index (κ3) is 10.6. The van der Waals surface area contributed by atoms with Crippen molar-refractivity contribution in [3.05, 3.63) is 206 Å². The second kappa shape index (κ2) is 25.7. The monoisotopic (exact) mass is 1260 g/mol. The van der Waals surface area contributed by atoms with Crippen LogP contribution in [0.5, 0.6) is 0 Å². The number of fused-ring (bicyclic) bond motifs is 4. The molecule has 0 saturated carbocycles. The van der Waals surface area contributed by atoms with E-state index in [9.17, 15) is 0 Å². The van der Waals surface area contributed by atoms with E-state index in [1.165, 1.54) is 278 Å². The van der Waals surface area contributed by atoms with E-state index in [2.05, 4.69) is 296 Å². The van der Waals surface area contributed by atoms with E-state index in [0.29, 0.717) is 0 Å². The maximum Gasteiger partial charge on any atom is 0.0569 e. The SMILES string of the molecule is Cc1c(C)c(C)c(-c2c(C)c(C)c(C)c3c2c(C)c(C)n3C)c(C)c1C.Cc1c(C)c(C)c(-c2c(C)c3c(C)c(C)c(C)c(C)c3n2C)c(C)c1C.Cc1c(C)c(C)c(-n2c(C)c(C)c3c(C)c(C)c(C)c(C)c32)c(C)c1C.Cc1c(C)c(C)c2c(c1C)c(C)c(C)n2C. The first-order valence-corrected chi connectivity index (χ1v) is 34.9. The van der Waals surface area contributed by atoms with Gasteiger partial charge in [-0.1, -0.05) is 0 Å². The number of rotatable bonds is 3. The van der Waals surface area contributed by atoms with Gasteiger partial charge in [0.05, 0.1) is 33.4 Å². The maximum atomic E-state index is 2.55. The zero-order valence-electron chi connectivity index (χ0n) is 66.8. The molecule has 0 aliphatic rings. The molecule has 4 nitrogen and oxygen atoms in total. The van der Waals surface area contributed by atoms with Gasteiger partial charge in [-0.2, -0.15) is 0 Å². The van der Waals surface area contributed by atoms with Crippen molar-refractivity contribution in [1.29, 1.82) is 0 Å². The number of hydrogen-bond donors (Lipinski definition) is 0. The van der Waals surface area contributed by atoms with E-state index in [4.69, 9.17) is 0 Å². The van der Waals surface area contributed by atoms with Crippen LogP contribution in [0.3, 0.4) is 0 Å². The van der Waals surface area contributed by atoms with E-state index < -0.39 is 0 Å². The van der Waals surface area contributed by atoms with Gasteiger partial charge in [-0.15, -0.1) is 0 Å². The first kappa shape index (κ1) is 72.5. The van der Waals surface area contributed by atoms with E-state index in [-0.39, 0.29) is 0 Å². The number of nitrogens with zero attached hydrogens (tertiary/aromatic N) is 4. The van der Waals surface area contributed by atoms with Gasteiger partial charge >= 0.3 is 0 Å². The van der Waals surface area contributed by atoms with Crippen LogP contribution >= 0.6 is 0 Å². The lowest BCUT2D eigenvalue weighted by atomic mass is 9.81. The van der Waals surface area contributed by atoms with Crippen molar-refractivity contribution in [3.63, 3.8) is 0 Å². The molecule has 0 fully saturated rings. The molecule has 0 aliphatic carbocycles. The summed E-state index contributed by atoms with van der Waals surface area (Å²) in [6, 6.07) is 0. The van der Waals surface area contributed by atoms with E-state index in [1.54, 1.807) is 0 Å². The van der Waals surface area contributed by atoms with Crippen molar-refractivity contribution >= 4 is 43.6 Å². The Morgan fingerprint density at radius 1 is 0.149 bits per heavy atom. The number of aryl methyl sites for hydroxylation is 14. The standard InChI is InChI=1S/3C25H33N.C15H21N/c1-12-14(3)18(7)24(19(8)15(12)4)26-22(11)21(10)23-17(6)13(2)16(5)20(9)25(23)26;1-12-13(2)17(6)22(18(7)14(12)3)25-21(10)23-19(8)15(4)16(5)20(9)24(23)26(25)11;1-12-13(2)16(5)22(17(6)14(12)3)23-18(7)15(4)19(8)25-24(23)20(9)21(10)26(25)11;1-8-9(2)11(4)15-14(10(8)3)12(5)13(6)16(15)7/h3*1-11H3;1-7H3. The van der Waals surface area contributed by atoms with Gasteiger partial charge in [0.15, 0.2) is 0 Å². The lowest BCUT2D eigenvalue weighted by molar-refractivity contribution is 0.905. The van der Waals surface area contributed by atoms with Crippen LogP contribution < -0.4 is 0 Å². The van der Waals surface area contributed by atoms with Crippen molar-refractivity contribution in [2.75, 3.05) is 0 Å². The Morgan fingerprint density at radius 3 is 0.745 bits per heavy atom. The van der Waals surface area contributed by atoms with Gasteiger partial charge < -0.3 is 18.3 Å². The van der Waals surface area contributed by atoms with Gasteiger partial charge in [-0.05, 0) is 456 Å². The van der Waals surface area contributed by atoms with E-state index in [1.807, 2.05) is 0 Å². The fraction of sp³-hybridized carbons (Fsp3) is 0.444. The quantitative estimate of drug-likeness (QED) is 0.168. The third-order valence-electron chi connectivity index (χ3n) is 26.4. The van der Waals surface area contributed by atoms with Crippen LogP contribution in [-0.2, 0) is 21.1 Å². The normalized spacial score (nSPS) is 11.6. The molecule has 0 N–H and O–H groups in total. The van der Waals surface area contributed by atoms with Crippen LogP contribution in [-0.4, -0.2) is 18.3 Å². The summed E-state index contributed by atoms with van der Waals surface area (Å²) in [5.41, 5.74) is 65.2. The van der Waals surface area contributed by atoms with Gasteiger partial charge in [0.25, 0.3) is 0 Å². The molecule has 4 heteroatoms. The predicted molar refractivity (Wildman–Crippen MR) is 418 cm³/mol.